The molecular weight excluding hydrogens is 236 g/mol. The molecule has 0 heterocycles. The summed E-state index contributed by atoms with van der Waals surface area (Å²) in [5.41, 5.74) is 1.39. The summed E-state index contributed by atoms with van der Waals surface area (Å²) in [4.78, 5) is 12.0. The summed E-state index contributed by atoms with van der Waals surface area (Å²) in [5.74, 6) is 0.725. The summed E-state index contributed by atoms with van der Waals surface area (Å²) >= 11 is 0. The van der Waals surface area contributed by atoms with Crippen molar-refractivity contribution in [2.45, 2.75) is 58.3 Å². The molecule has 19 heavy (non-hydrogen) atoms. The minimum atomic E-state index is -0.0526. The second-order valence-electron chi connectivity index (χ2n) is 6.53. The number of hydrogen-bond donors (Lipinski definition) is 0. The Bertz CT molecular complexity index is 420. The van der Waals surface area contributed by atoms with Gasteiger partial charge in [-0.25, -0.2) is 0 Å². The Balaban J connectivity index is 1.97. The monoisotopic (exact) mass is 260 g/mol. The minimum Gasteiger partial charge on any atom is -0.426 e. The largest absolute Gasteiger partial charge is 0.426 e. The summed E-state index contributed by atoms with van der Waals surface area (Å²) in [7, 11) is 0. The lowest BCUT2D eigenvalue weighted by Gasteiger charge is -2.21. The predicted octanol–water partition coefficient (Wildman–Crippen LogP) is 4.47. The van der Waals surface area contributed by atoms with E-state index in [1.54, 1.807) is 0 Å². The normalized spacial score (nSPS) is 17.2. The fourth-order valence-corrected chi connectivity index (χ4v) is 2.56. The van der Waals surface area contributed by atoms with Crippen molar-refractivity contribution < 1.29 is 9.53 Å². The lowest BCUT2D eigenvalue weighted by Crippen LogP contribution is -2.22. The first-order chi connectivity index (χ1) is 8.97. The Hall–Kier alpha value is -1.31. The van der Waals surface area contributed by atoms with Gasteiger partial charge in [-0.15, -0.1) is 0 Å². The fraction of sp³-hybridized carbons (Fsp3) is 0.588. The SMILES string of the molecule is CC(C)(C)c1ccc(OC(=O)C2CCCCC2)cc1. The number of rotatable bonds is 2. The van der Waals surface area contributed by atoms with Gasteiger partial charge in [0, 0.05) is 0 Å². The molecule has 0 N–H and O–H groups in total. The third kappa shape index (κ3) is 3.82. The Labute approximate surface area is 116 Å². The van der Waals surface area contributed by atoms with Crippen LogP contribution in [0.15, 0.2) is 24.3 Å². The molecule has 2 nitrogen and oxygen atoms in total. The van der Waals surface area contributed by atoms with Crippen molar-refractivity contribution in [3.63, 3.8) is 0 Å². The van der Waals surface area contributed by atoms with Crippen LogP contribution >= 0.6 is 0 Å². The first-order valence-corrected chi connectivity index (χ1v) is 7.29. The third-order valence-corrected chi connectivity index (χ3v) is 3.88. The Morgan fingerprint density at radius 3 is 2.16 bits per heavy atom. The molecule has 1 aromatic carbocycles. The lowest BCUT2D eigenvalue weighted by atomic mass is 9.87. The molecule has 0 amide bonds. The van der Waals surface area contributed by atoms with Crippen molar-refractivity contribution in [1.29, 1.82) is 0 Å². The average molecular weight is 260 g/mol. The average Bonchev–Trinajstić information content (AvgIpc) is 2.39. The van der Waals surface area contributed by atoms with Gasteiger partial charge in [-0.05, 0) is 36.0 Å². The van der Waals surface area contributed by atoms with E-state index in [1.807, 2.05) is 24.3 Å². The zero-order valence-corrected chi connectivity index (χ0v) is 12.2. The van der Waals surface area contributed by atoms with Crippen LogP contribution in [0.3, 0.4) is 0 Å². The van der Waals surface area contributed by atoms with E-state index >= 15 is 0 Å². The number of esters is 1. The molecule has 1 saturated carbocycles. The highest BCUT2D eigenvalue weighted by molar-refractivity contribution is 5.75. The molecule has 0 unspecified atom stereocenters. The second-order valence-corrected chi connectivity index (χ2v) is 6.53. The van der Waals surface area contributed by atoms with Gasteiger partial charge in [-0.2, -0.15) is 0 Å². The molecule has 0 atom stereocenters. The van der Waals surface area contributed by atoms with Crippen LogP contribution in [0, 0.1) is 5.92 Å². The van der Waals surface area contributed by atoms with Crippen molar-refractivity contribution in [2.75, 3.05) is 0 Å². The highest BCUT2D eigenvalue weighted by atomic mass is 16.5. The first kappa shape index (κ1) is 14.1. The molecule has 0 aromatic heterocycles. The maximum Gasteiger partial charge on any atom is 0.314 e. The van der Waals surface area contributed by atoms with Crippen LogP contribution in [0.4, 0.5) is 0 Å². The van der Waals surface area contributed by atoms with Crippen molar-refractivity contribution in [2.24, 2.45) is 5.92 Å². The summed E-state index contributed by atoms with van der Waals surface area (Å²) in [5, 5.41) is 0. The van der Waals surface area contributed by atoms with Gasteiger partial charge in [0.15, 0.2) is 0 Å². The highest BCUT2D eigenvalue weighted by Crippen LogP contribution is 2.27. The Kier molecular flexibility index (Phi) is 4.28. The Morgan fingerprint density at radius 1 is 1.05 bits per heavy atom. The van der Waals surface area contributed by atoms with E-state index in [2.05, 4.69) is 20.8 Å². The van der Waals surface area contributed by atoms with E-state index < -0.39 is 0 Å². The number of ether oxygens (including phenoxy) is 1. The quantitative estimate of drug-likeness (QED) is 0.579. The molecule has 0 bridgehead atoms. The molecule has 0 spiro atoms. The van der Waals surface area contributed by atoms with Crippen molar-refractivity contribution in [3.8, 4) is 5.75 Å². The highest BCUT2D eigenvalue weighted by Gasteiger charge is 2.23. The van der Waals surface area contributed by atoms with Gasteiger partial charge in [0.1, 0.15) is 5.75 Å². The molecule has 104 valence electrons. The molecule has 1 aliphatic rings. The van der Waals surface area contributed by atoms with E-state index in [0.717, 1.165) is 25.7 Å². The fourth-order valence-electron chi connectivity index (χ4n) is 2.56. The van der Waals surface area contributed by atoms with Crippen LogP contribution in [0.2, 0.25) is 0 Å². The molecule has 0 radical (unpaired) electrons. The van der Waals surface area contributed by atoms with E-state index in [-0.39, 0.29) is 17.3 Å². The van der Waals surface area contributed by atoms with Gasteiger partial charge >= 0.3 is 5.97 Å². The molecule has 1 fully saturated rings. The zero-order chi connectivity index (χ0) is 13.9. The maximum atomic E-state index is 12.0. The van der Waals surface area contributed by atoms with E-state index in [9.17, 15) is 4.79 Å². The molecule has 0 saturated heterocycles. The smallest absolute Gasteiger partial charge is 0.314 e. The van der Waals surface area contributed by atoms with Gasteiger partial charge in [0.25, 0.3) is 0 Å². The molecule has 2 rings (SSSR count). The second kappa shape index (κ2) is 5.77. The van der Waals surface area contributed by atoms with Gasteiger partial charge in [0.2, 0.25) is 0 Å². The summed E-state index contributed by atoms with van der Waals surface area (Å²) in [6.45, 7) is 6.53. The van der Waals surface area contributed by atoms with Crippen LogP contribution in [0.25, 0.3) is 0 Å². The van der Waals surface area contributed by atoms with Crippen molar-refractivity contribution in [1.82, 2.24) is 0 Å². The Morgan fingerprint density at radius 2 is 1.63 bits per heavy atom. The number of carbonyl (C=O) groups excluding carboxylic acids is 1. The van der Waals surface area contributed by atoms with Crippen LogP contribution in [0.1, 0.15) is 58.4 Å². The standard InChI is InChI=1S/C17H24O2/c1-17(2,3)14-9-11-15(12-10-14)19-16(18)13-7-5-4-6-8-13/h9-13H,4-8H2,1-3H3. The van der Waals surface area contributed by atoms with Crippen molar-refractivity contribution in [3.05, 3.63) is 29.8 Å². The summed E-state index contributed by atoms with van der Waals surface area (Å²) < 4.78 is 5.48. The predicted molar refractivity (Wildman–Crippen MR) is 77.4 cm³/mol. The van der Waals surface area contributed by atoms with Gasteiger partial charge in [-0.3, -0.25) is 4.79 Å². The zero-order valence-electron chi connectivity index (χ0n) is 12.2. The minimum absolute atomic E-state index is 0.0526. The molecule has 2 heteroatoms. The summed E-state index contributed by atoms with van der Waals surface area (Å²) in [6, 6.07) is 7.90. The number of carbonyl (C=O) groups is 1. The molecule has 1 aliphatic carbocycles. The van der Waals surface area contributed by atoms with E-state index in [1.165, 1.54) is 12.0 Å². The molecule has 0 aliphatic heterocycles. The third-order valence-electron chi connectivity index (χ3n) is 3.88. The topological polar surface area (TPSA) is 26.3 Å². The van der Waals surface area contributed by atoms with Gasteiger partial charge < -0.3 is 4.74 Å². The van der Waals surface area contributed by atoms with E-state index in [4.69, 9.17) is 4.74 Å². The van der Waals surface area contributed by atoms with Crippen LogP contribution in [-0.4, -0.2) is 5.97 Å². The summed E-state index contributed by atoms with van der Waals surface area (Å²) in [6.07, 6.45) is 5.54. The first-order valence-electron chi connectivity index (χ1n) is 7.29. The number of benzene rings is 1. The molecular formula is C17H24O2. The van der Waals surface area contributed by atoms with Crippen LogP contribution in [0.5, 0.6) is 5.75 Å². The van der Waals surface area contributed by atoms with E-state index in [0.29, 0.717) is 5.75 Å². The van der Waals surface area contributed by atoms with Crippen LogP contribution < -0.4 is 4.74 Å². The van der Waals surface area contributed by atoms with Gasteiger partial charge in [0.05, 0.1) is 5.92 Å². The van der Waals surface area contributed by atoms with Crippen LogP contribution in [-0.2, 0) is 10.2 Å². The number of hydrogen-bond acceptors (Lipinski definition) is 2. The molecule has 1 aromatic rings. The van der Waals surface area contributed by atoms with Crippen molar-refractivity contribution >= 4 is 5.97 Å². The maximum absolute atomic E-state index is 12.0. The lowest BCUT2D eigenvalue weighted by molar-refractivity contribution is -0.139. The van der Waals surface area contributed by atoms with Gasteiger partial charge in [-0.1, -0.05) is 52.2 Å².